The van der Waals surface area contributed by atoms with Crippen molar-refractivity contribution in [3.8, 4) is 0 Å². The minimum atomic E-state index is 0.264. The SMILES string of the molecule is CCCn1cnc2nc(Cl)nc(NC3CCCCCC3)c21. The molecule has 1 aliphatic rings. The molecule has 3 rings (SSSR count). The number of imidazole rings is 1. The third kappa shape index (κ3) is 3.28. The van der Waals surface area contributed by atoms with E-state index in [1.54, 1.807) is 0 Å². The van der Waals surface area contributed by atoms with Crippen molar-refractivity contribution in [1.29, 1.82) is 0 Å². The van der Waals surface area contributed by atoms with E-state index >= 15 is 0 Å². The molecule has 1 fully saturated rings. The third-order valence-corrected chi connectivity index (χ3v) is 4.27. The average molecular weight is 308 g/mol. The van der Waals surface area contributed by atoms with Crippen LogP contribution in [0.3, 0.4) is 0 Å². The van der Waals surface area contributed by atoms with Gasteiger partial charge in [-0.15, -0.1) is 0 Å². The van der Waals surface area contributed by atoms with Crippen LogP contribution < -0.4 is 5.32 Å². The fraction of sp³-hybridized carbons (Fsp3) is 0.667. The molecular formula is C15H22ClN5. The summed E-state index contributed by atoms with van der Waals surface area (Å²) in [4.78, 5) is 13.0. The maximum Gasteiger partial charge on any atom is 0.226 e. The third-order valence-electron chi connectivity index (χ3n) is 4.11. The largest absolute Gasteiger partial charge is 0.365 e. The van der Waals surface area contributed by atoms with E-state index in [1.165, 1.54) is 38.5 Å². The van der Waals surface area contributed by atoms with Gasteiger partial charge in [0, 0.05) is 12.6 Å². The summed E-state index contributed by atoms with van der Waals surface area (Å²) < 4.78 is 2.12. The van der Waals surface area contributed by atoms with E-state index in [4.69, 9.17) is 11.6 Å². The Labute approximate surface area is 130 Å². The van der Waals surface area contributed by atoms with E-state index in [0.29, 0.717) is 11.7 Å². The molecule has 0 bridgehead atoms. The first-order valence-electron chi connectivity index (χ1n) is 7.93. The quantitative estimate of drug-likeness (QED) is 0.684. The number of anilines is 1. The molecule has 0 radical (unpaired) electrons. The fourth-order valence-corrected chi connectivity index (χ4v) is 3.25. The van der Waals surface area contributed by atoms with Gasteiger partial charge in [0.2, 0.25) is 5.28 Å². The Morgan fingerprint density at radius 1 is 1.24 bits per heavy atom. The van der Waals surface area contributed by atoms with Crippen molar-refractivity contribution in [2.24, 2.45) is 0 Å². The summed E-state index contributed by atoms with van der Waals surface area (Å²) in [6, 6.07) is 0.478. The zero-order chi connectivity index (χ0) is 14.7. The van der Waals surface area contributed by atoms with Gasteiger partial charge in [-0.3, -0.25) is 0 Å². The Balaban J connectivity index is 1.93. The van der Waals surface area contributed by atoms with E-state index in [0.717, 1.165) is 24.3 Å². The predicted molar refractivity (Wildman–Crippen MR) is 85.7 cm³/mol. The van der Waals surface area contributed by atoms with Crippen LogP contribution in [0.4, 0.5) is 5.82 Å². The number of aryl methyl sites for hydroxylation is 1. The van der Waals surface area contributed by atoms with Crippen molar-refractivity contribution in [1.82, 2.24) is 19.5 Å². The van der Waals surface area contributed by atoms with Gasteiger partial charge < -0.3 is 9.88 Å². The lowest BCUT2D eigenvalue weighted by atomic mass is 10.1. The first-order chi connectivity index (χ1) is 10.3. The highest BCUT2D eigenvalue weighted by atomic mass is 35.5. The van der Waals surface area contributed by atoms with Crippen molar-refractivity contribution in [2.45, 2.75) is 64.5 Å². The molecule has 1 N–H and O–H groups in total. The summed E-state index contributed by atoms with van der Waals surface area (Å²) >= 11 is 6.05. The number of aromatic nitrogens is 4. The maximum atomic E-state index is 6.05. The van der Waals surface area contributed by atoms with Crippen molar-refractivity contribution in [3.63, 3.8) is 0 Å². The molecule has 2 heterocycles. The fourth-order valence-electron chi connectivity index (χ4n) is 3.08. The molecule has 0 saturated heterocycles. The van der Waals surface area contributed by atoms with E-state index in [1.807, 2.05) is 6.33 Å². The van der Waals surface area contributed by atoms with Crippen LogP contribution in [0, 0.1) is 0 Å². The number of nitrogens with zero attached hydrogens (tertiary/aromatic N) is 4. The summed E-state index contributed by atoms with van der Waals surface area (Å²) in [5.41, 5.74) is 1.66. The monoisotopic (exact) mass is 307 g/mol. The highest BCUT2D eigenvalue weighted by molar-refractivity contribution is 6.28. The van der Waals surface area contributed by atoms with Crippen molar-refractivity contribution in [3.05, 3.63) is 11.6 Å². The number of fused-ring (bicyclic) bond motifs is 1. The molecule has 2 aromatic rings. The van der Waals surface area contributed by atoms with Crippen LogP contribution >= 0.6 is 11.6 Å². The molecule has 0 atom stereocenters. The molecule has 0 amide bonds. The number of hydrogen-bond acceptors (Lipinski definition) is 4. The molecule has 2 aromatic heterocycles. The first-order valence-corrected chi connectivity index (χ1v) is 8.30. The first kappa shape index (κ1) is 14.6. The van der Waals surface area contributed by atoms with Gasteiger partial charge in [0.1, 0.15) is 5.52 Å². The van der Waals surface area contributed by atoms with Gasteiger partial charge in [-0.25, -0.2) is 4.98 Å². The Hall–Kier alpha value is -1.36. The van der Waals surface area contributed by atoms with Gasteiger partial charge in [-0.2, -0.15) is 9.97 Å². The summed E-state index contributed by atoms with van der Waals surface area (Å²) in [5.74, 6) is 0.836. The van der Waals surface area contributed by atoms with Crippen LogP contribution in [-0.2, 0) is 6.54 Å². The Bertz CT molecular complexity index is 601. The van der Waals surface area contributed by atoms with Crippen LogP contribution in [0.1, 0.15) is 51.9 Å². The van der Waals surface area contributed by atoms with Crippen LogP contribution in [0.15, 0.2) is 6.33 Å². The molecule has 1 saturated carbocycles. The second-order valence-corrected chi connectivity index (χ2v) is 6.12. The van der Waals surface area contributed by atoms with Gasteiger partial charge in [0.15, 0.2) is 11.5 Å². The molecule has 0 aromatic carbocycles. The average Bonchev–Trinajstić information content (AvgIpc) is 2.69. The smallest absolute Gasteiger partial charge is 0.226 e. The summed E-state index contributed by atoms with van der Waals surface area (Å²) in [6.45, 7) is 3.07. The van der Waals surface area contributed by atoms with Crippen molar-refractivity contribution >= 4 is 28.6 Å². The predicted octanol–water partition coefficient (Wildman–Crippen LogP) is 4.02. The van der Waals surface area contributed by atoms with Crippen molar-refractivity contribution < 1.29 is 0 Å². The molecule has 0 aliphatic heterocycles. The summed E-state index contributed by atoms with van der Waals surface area (Å²) in [6.07, 6.45) is 10.5. The highest BCUT2D eigenvalue weighted by Gasteiger charge is 2.17. The van der Waals surface area contributed by atoms with Gasteiger partial charge >= 0.3 is 0 Å². The van der Waals surface area contributed by atoms with Crippen LogP contribution in [0.25, 0.3) is 11.2 Å². The number of nitrogens with one attached hydrogen (secondary N) is 1. The van der Waals surface area contributed by atoms with Crippen LogP contribution in [0.5, 0.6) is 0 Å². The van der Waals surface area contributed by atoms with Gasteiger partial charge in [0.25, 0.3) is 0 Å². The molecule has 21 heavy (non-hydrogen) atoms. The lowest BCUT2D eigenvalue weighted by molar-refractivity contribution is 0.617. The Morgan fingerprint density at radius 2 is 2.00 bits per heavy atom. The minimum Gasteiger partial charge on any atom is -0.365 e. The minimum absolute atomic E-state index is 0.264. The summed E-state index contributed by atoms with van der Waals surface area (Å²) in [7, 11) is 0. The van der Waals surface area contributed by atoms with E-state index < -0.39 is 0 Å². The second-order valence-electron chi connectivity index (χ2n) is 5.78. The number of rotatable bonds is 4. The lowest BCUT2D eigenvalue weighted by Gasteiger charge is -2.18. The standard InChI is InChI=1S/C15H22ClN5/c1-2-9-21-10-17-13-12(21)14(20-15(16)19-13)18-11-7-5-3-4-6-8-11/h10-11H,2-9H2,1H3,(H,18,19,20). The summed E-state index contributed by atoms with van der Waals surface area (Å²) in [5, 5.41) is 3.86. The van der Waals surface area contributed by atoms with Gasteiger partial charge in [-0.1, -0.05) is 32.6 Å². The van der Waals surface area contributed by atoms with Crippen LogP contribution in [-0.4, -0.2) is 25.6 Å². The molecule has 114 valence electrons. The van der Waals surface area contributed by atoms with Gasteiger partial charge in [0.05, 0.1) is 6.33 Å². The molecule has 5 nitrogen and oxygen atoms in total. The maximum absolute atomic E-state index is 6.05. The molecule has 0 unspecified atom stereocenters. The number of halogens is 1. The van der Waals surface area contributed by atoms with Gasteiger partial charge in [-0.05, 0) is 30.9 Å². The zero-order valence-electron chi connectivity index (χ0n) is 12.5. The topological polar surface area (TPSA) is 55.6 Å². The molecule has 1 aliphatic carbocycles. The van der Waals surface area contributed by atoms with Crippen molar-refractivity contribution in [2.75, 3.05) is 5.32 Å². The normalized spacial score (nSPS) is 17.0. The zero-order valence-corrected chi connectivity index (χ0v) is 13.2. The molecule has 6 heteroatoms. The van der Waals surface area contributed by atoms with E-state index in [2.05, 4.69) is 31.8 Å². The number of hydrogen-bond donors (Lipinski definition) is 1. The lowest BCUT2D eigenvalue weighted by Crippen LogP contribution is -2.20. The van der Waals surface area contributed by atoms with Crippen LogP contribution in [0.2, 0.25) is 5.28 Å². The highest BCUT2D eigenvalue weighted by Crippen LogP contribution is 2.26. The molecule has 0 spiro atoms. The van der Waals surface area contributed by atoms with E-state index in [9.17, 15) is 0 Å². The molecular weight excluding hydrogens is 286 g/mol. The second kappa shape index (κ2) is 6.60. The Morgan fingerprint density at radius 3 is 2.71 bits per heavy atom. The van der Waals surface area contributed by atoms with E-state index in [-0.39, 0.29) is 5.28 Å². The Kier molecular flexibility index (Phi) is 4.58.